The second kappa shape index (κ2) is 4.87. The molecular weight excluding hydrogens is 196 g/mol. The fourth-order valence-electron chi connectivity index (χ4n) is 1.38. The van der Waals surface area contributed by atoms with Crippen LogP contribution in [0.1, 0.15) is 24.0 Å². The minimum Gasteiger partial charge on any atom is -0.396 e. The summed E-state index contributed by atoms with van der Waals surface area (Å²) >= 11 is 1.64. The predicted molar refractivity (Wildman–Crippen MR) is 59.4 cm³/mol. The van der Waals surface area contributed by atoms with E-state index in [2.05, 4.69) is 11.9 Å². The number of aliphatic hydroxyl groups is 1. The number of nitrogens with two attached hydrogens (primary N) is 1. The summed E-state index contributed by atoms with van der Waals surface area (Å²) in [6.07, 6.45) is 1.67. The summed E-state index contributed by atoms with van der Waals surface area (Å²) in [5.41, 5.74) is 6.57. The summed E-state index contributed by atoms with van der Waals surface area (Å²) in [5.74, 6) is 0. The van der Waals surface area contributed by atoms with Gasteiger partial charge in [0.15, 0.2) is 0 Å². The molecule has 3 N–H and O–H groups in total. The number of hydrogen-bond donors (Lipinski definition) is 2. The van der Waals surface area contributed by atoms with E-state index in [9.17, 15) is 5.11 Å². The number of rotatable bonds is 5. The summed E-state index contributed by atoms with van der Waals surface area (Å²) in [6.45, 7) is 4.69. The van der Waals surface area contributed by atoms with E-state index >= 15 is 0 Å². The standard InChI is InChI=1S/C10H18N2OS/c1-3-10(6-11,7-13)4-9-12-8(2)5-14-9/h5,13H,3-4,6-7,11H2,1-2H3. The van der Waals surface area contributed by atoms with Gasteiger partial charge in [0.25, 0.3) is 0 Å². The molecule has 4 heteroatoms. The largest absolute Gasteiger partial charge is 0.396 e. The first-order valence-corrected chi connectivity index (χ1v) is 5.75. The van der Waals surface area contributed by atoms with Crippen LogP contribution < -0.4 is 5.73 Å². The maximum absolute atomic E-state index is 9.34. The highest BCUT2D eigenvalue weighted by Crippen LogP contribution is 2.26. The number of nitrogens with zero attached hydrogens (tertiary/aromatic N) is 1. The van der Waals surface area contributed by atoms with E-state index in [1.54, 1.807) is 11.3 Å². The quantitative estimate of drug-likeness (QED) is 0.777. The van der Waals surface area contributed by atoms with Gasteiger partial charge in [0.2, 0.25) is 0 Å². The van der Waals surface area contributed by atoms with Crippen LogP contribution in [0.4, 0.5) is 0 Å². The van der Waals surface area contributed by atoms with E-state index in [-0.39, 0.29) is 12.0 Å². The van der Waals surface area contributed by atoms with Gasteiger partial charge in [-0.15, -0.1) is 11.3 Å². The molecule has 0 aliphatic carbocycles. The minimum atomic E-state index is -0.176. The van der Waals surface area contributed by atoms with Crippen molar-refractivity contribution in [2.45, 2.75) is 26.7 Å². The summed E-state index contributed by atoms with van der Waals surface area (Å²) in [4.78, 5) is 4.39. The fraction of sp³-hybridized carbons (Fsp3) is 0.700. The maximum Gasteiger partial charge on any atom is 0.0935 e. The molecule has 0 saturated carbocycles. The van der Waals surface area contributed by atoms with Gasteiger partial charge in [-0.2, -0.15) is 0 Å². The van der Waals surface area contributed by atoms with Gasteiger partial charge in [-0.3, -0.25) is 0 Å². The van der Waals surface area contributed by atoms with Gasteiger partial charge in [0.05, 0.1) is 11.6 Å². The minimum absolute atomic E-state index is 0.138. The van der Waals surface area contributed by atoms with Crippen molar-refractivity contribution in [3.63, 3.8) is 0 Å². The Morgan fingerprint density at radius 3 is 2.71 bits per heavy atom. The lowest BCUT2D eigenvalue weighted by Crippen LogP contribution is -2.35. The number of hydrogen-bond acceptors (Lipinski definition) is 4. The lowest BCUT2D eigenvalue weighted by atomic mass is 9.83. The zero-order valence-corrected chi connectivity index (χ0v) is 9.60. The lowest BCUT2D eigenvalue weighted by Gasteiger charge is -2.27. The Kier molecular flexibility index (Phi) is 4.04. The molecule has 0 spiro atoms. The van der Waals surface area contributed by atoms with Crippen LogP contribution in [0.2, 0.25) is 0 Å². The molecule has 1 aromatic rings. The van der Waals surface area contributed by atoms with Crippen molar-refractivity contribution in [1.82, 2.24) is 4.98 Å². The molecule has 80 valence electrons. The number of aryl methyl sites for hydroxylation is 1. The Bertz CT molecular complexity index is 273. The van der Waals surface area contributed by atoms with Crippen molar-refractivity contribution in [2.24, 2.45) is 11.1 Å². The van der Waals surface area contributed by atoms with E-state index in [1.165, 1.54) is 0 Å². The van der Waals surface area contributed by atoms with Crippen LogP contribution in [-0.2, 0) is 6.42 Å². The van der Waals surface area contributed by atoms with Gasteiger partial charge in [-0.1, -0.05) is 6.92 Å². The molecule has 0 bridgehead atoms. The van der Waals surface area contributed by atoms with Crippen molar-refractivity contribution in [3.8, 4) is 0 Å². The van der Waals surface area contributed by atoms with E-state index in [4.69, 9.17) is 5.73 Å². The van der Waals surface area contributed by atoms with Crippen LogP contribution in [0.25, 0.3) is 0 Å². The van der Waals surface area contributed by atoms with Crippen molar-refractivity contribution in [1.29, 1.82) is 0 Å². The molecule has 0 radical (unpaired) electrons. The molecule has 0 aliphatic rings. The Balaban J connectivity index is 2.73. The first kappa shape index (κ1) is 11.6. The molecule has 0 aliphatic heterocycles. The molecule has 1 unspecified atom stereocenters. The lowest BCUT2D eigenvalue weighted by molar-refractivity contribution is 0.127. The van der Waals surface area contributed by atoms with Crippen LogP contribution in [0, 0.1) is 12.3 Å². The second-order valence-corrected chi connectivity index (χ2v) is 4.72. The molecule has 1 atom stereocenters. The van der Waals surface area contributed by atoms with Gasteiger partial charge in [0, 0.05) is 29.5 Å². The number of thiazole rings is 1. The Labute approximate surface area is 89.0 Å². The van der Waals surface area contributed by atoms with E-state index in [1.807, 2.05) is 12.3 Å². The molecule has 0 aromatic carbocycles. The van der Waals surface area contributed by atoms with Crippen molar-refractivity contribution < 1.29 is 5.11 Å². The molecule has 3 nitrogen and oxygen atoms in total. The zero-order valence-electron chi connectivity index (χ0n) is 8.79. The first-order chi connectivity index (χ1) is 6.65. The van der Waals surface area contributed by atoms with Crippen LogP contribution in [0.3, 0.4) is 0 Å². The van der Waals surface area contributed by atoms with Gasteiger partial charge in [0.1, 0.15) is 0 Å². The molecule has 14 heavy (non-hydrogen) atoms. The van der Waals surface area contributed by atoms with E-state index in [0.29, 0.717) is 6.54 Å². The van der Waals surface area contributed by atoms with Crippen molar-refractivity contribution in [2.75, 3.05) is 13.2 Å². The van der Waals surface area contributed by atoms with Gasteiger partial charge >= 0.3 is 0 Å². The van der Waals surface area contributed by atoms with Crippen molar-refractivity contribution in [3.05, 3.63) is 16.1 Å². The molecule has 0 saturated heterocycles. The van der Waals surface area contributed by atoms with Crippen LogP contribution in [-0.4, -0.2) is 23.2 Å². The maximum atomic E-state index is 9.34. The van der Waals surface area contributed by atoms with Gasteiger partial charge < -0.3 is 10.8 Å². The van der Waals surface area contributed by atoms with Crippen LogP contribution >= 0.6 is 11.3 Å². The number of aliphatic hydroxyl groups excluding tert-OH is 1. The predicted octanol–water partition coefficient (Wildman–Crippen LogP) is 1.34. The average Bonchev–Trinajstić information content (AvgIpc) is 2.61. The number of aromatic nitrogens is 1. The normalized spacial score (nSPS) is 15.4. The highest BCUT2D eigenvalue weighted by Gasteiger charge is 2.27. The molecular formula is C10H18N2OS. The molecule has 0 fully saturated rings. The first-order valence-electron chi connectivity index (χ1n) is 4.88. The molecule has 1 rings (SSSR count). The monoisotopic (exact) mass is 214 g/mol. The smallest absolute Gasteiger partial charge is 0.0935 e. The highest BCUT2D eigenvalue weighted by molar-refractivity contribution is 7.09. The summed E-state index contributed by atoms with van der Waals surface area (Å²) in [7, 11) is 0. The topological polar surface area (TPSA) is 59.1 Å². The molecule has 1 heterocycles. The van der Waals surface area contributed by atoms with E-state index in [0.717, 1.165) is 23.5 Å². The van der Waals surface area contributed by atoms with Gasteiger partial charge in [-0.05, 0) is 13.3 Å². The SMILES string of the molecule is CCC(CN)(CO)Cc1nc(C)cs1. The zero-order chi connectivity index (χ0) is 10.6. The summed E-state index contributed by atoms with van der Waals surface area (Å²) in [5, 5.41) is 12.4. The van der Waals surface area contributed by atoms with Crippen molar-refractivity contribution >= 4 is 11.3 Å². The van der Waals surface area contributed by atoms with E-state index < -0.39 is 0 Å². The van der Waals surface area contributed by atoms with Crippen LogP contribution in [0.5, 0.6) is 0 Å². The average molecular weight is 214 g/mol. The third-order valence-electron chi connectivity index (χ3n) is 2.71. The Morgan fingerprint density at radius 1 is 1.64 bits per heavy atom. The second-order valence-electron chi connectivity index (χ2n) is 3.78. The Morgan fingerprint density at radius 2 is 2.36 bits per heavy atom. The Hall–Kier alpha value is -0.450. The van der Waals surface area contributed by atoms with Crippen LogP contribution in [0.15, 0.2) is 5.38 Å². The van der Waals surface area contributed by atoms with Gasteiger partial charge in [-0.25, -0.2) is 4.98 Å². The summed E-state index contributed by atoms with van der Waals surface area (Å²) in [6, 6.07) is 0. The fourth-order valence-corrected chi connectivity index (χ4v) is 2.32. The molecule has 1 aromatic heterocycles. The summed E-state index contributed by atoms with van der Waals surface area (Å²) < 4.78 is 0. The third kappa shape index (κ3) is 2.53. The highest BCUT2D eigenvalue weighted by atomic mass is 32.1. The third-order valence-corrected chi connectivity index (χ3v) is 3.68. The molecule has 0 amide bonds.